The van der Waals surface area contributed by atoms with Crippen molar-refractivity contribution in [3.63, 3.8) is 0 Å². The zero-order valence-corrected chi connectivity index (χ0v) is 22.2. The molecule has 4 nitrogen and oxygen atoms in total. The highest BCUT2D eigenvalue weighted by Gasteiger charge is 2.17. The molecule has 0 spiro atoms. The molecule has 0 bridgehead atoms. The molecule has 2 aromatic carbocycles. The van der Waals surface area contributed by atoms with Crippen LogP contribution < -0.4 is 9.47 Å². The molecule has 0 saturated heterocycles. The predicted molar refractivity (Wildman–Crippen MR) is 137 cm³/mol. The molecular formula is C25H28Cl4O4. The monoisotopic (exact) mass is 532 g/mol. The Morgan fingerprint density at radius 3 is 1.27 bits per heavy atom. The van der Waals surface area contributed by atoms with Gasteiger partial charge in [-0.25, -0.2) is 0 Å². The van der Waals surface area contributed by atoms with Gasteiger partial charge in [-0.1, -0.05) is 70.7 Å². The van der Waals surface area contributed by atoms with Crippen LogP contribution in [0.1, 0.15) is 38.8 Å². The average molecular weight is 534 g/mol. The highest BCUT2D eigenvalue weighted by atomic mass is 35.5. The van der Waals surface area contributed by atoms with E-state index in [1.165, 1.54) is 0 Å². The van der Waals surface area contributed by atoms with Crippen LogP contribution in [0.5, 0.6) is 11.5 Å². The maximum absolute atomic E-state index is 6.43. The number of hydrogen-bond acceptors (Lipinski definition) is 4. The minimum atomic E-state index is -0.533. The molecule has 33 heavy (non-hydrogen) atoms. The molecule has 2 unspecified atom stereocenters. The minimum absolute atomic E-state index is 0.361. The summed E-state index contributed by atoms with van der Waals surface area (Å²) in [5.41, 5.74) is 3.51. The lowest BCUT2D eigenvalue weighted by Gasteiger charge is -2.19. The van der Waals surface area contributed by atoms with Crippen LogP contribution in [0.2, 0.25) is 20.1 Å². The summed E-state index contributed by atoms with van der Waals surface area (Å²) >= 11 is 25.7. The molecule has 2 rings (SSSR count). The zero-order chi connectivity index (χ0) is 24.7. The van der Waals surface area contributed by atoms with E-state index in [1.54, 1.807) is 38.1 Å². The first-order valence-corrected chi connectivity index (χ1v) is 11.8. The van der Waals surface area contributed by atoms with Crippen molar-refractivity contribution in [3.05, 3.63) is 79.8 Å². The Bertz CT molecular complexity index is 880. The van der Waals surface area contributed by atoms with Crippen LogP contribution >= 0.6 is 46.4 Å². The quantitative estimate of drug-likeness (QED) is 0.202. The van der Waals surface area contributed by atoms with E-state index in [9.17, 15) is 0 Å². The summed E-state index contributed by atoms with van der Waals surface area (Å²) < 4.78 is 22.6. The van der Waals surface area contributed by atoms with Crippen molar-refractivity contribution in [2.45, 2.75) is 46.7 Å². The van der Waals surface area contributed by atoms with Crippen molar-refractivity contribution in [2.24, 2.45) is 0 Å². The molecule has 0 radical (unpaired) electrons. The fourth-order valence-electron chi connectivity index (χ4n) is 2.81. The third-order valence-electron chi connectivity index (χ3n) is 4.22. The predicted octanol–water partition coefficient (Wildman–Crippen LogP) is 8.53. The van der Waals surface area contributed by atoms with Gasteiger partial charge in [0.05, 0.1) is 33.3 Å². The second-order valence-electron chi connectivity index (χ2n) is 7.86. The van der Waals surface area contributed by atoms with Gasteiger partial charge in [-0.2, -0.15) is 0 Å². The molecule has 8 heteroatoms. The average Bonchev–Trinajstić information content (AvgIpc) is 2.70. The lowest BCUT2D eigenvalue weighted by Crippen LogP contribution is -2.18. The normalized spacial score (nSPS) is 12.8. The van der Waals surface area contributed by atoms with Gasteiger partial charge in [0.1, 0.15) is 0 Å². The Kier molecular flexibility index (Phi) is 10.9. The molecule has 0 N–H and O–H groups in total. The summed E-state index contributed by atoms with van der Waals surface area (Å²) in [6.45, 7) is 15.6. The topological polar surface area (TPSA) is 36.9 Å². The van der Waals surface area contributed by atoms with E-state index in [1.807, 2.05) is 13.8 Å². The molecule has 2 atom stereocenters. The Morgan fingerprint density at radius 1 is 0.697 bits per heavy atom. The van der Waals surface area contributed by atoms with E-state index in [0.29, 0.717) is 51.2 Å². The van der Waals surface area contributed by atoms with Crippen molar-refractivity contribution in [1.82, 2.24) is 0 Å². The smallest absolute Gasteiger partial charge is 0.197 e. The van der Waals surface area contributed by atoms with E-state index in [-0.39, 0.29) is 0 Å². The Balaban J connectivity index is 2.12. The summed E-state index contributed by atoms with van der Waals surface area (Å²) in [6, 6.07) is 7.14. The molecule has 2 aromatic rings. The van der Waals surface area contributed by atoms with Gasteiger partial charge in [0.25, 0.3) is 0 Å². The Morgan fingerprint density at radius 2 is 1.00 bits per heavy atom. The molecule has 0 aromatic heterocycles. The summed E-state index contributed by atoms with van der Waals surface area (Å²) in [5, 5.41) is 1.51. The van der Waals surface area contributed by atoms with Gasteiger partial charge in [-0.15, -0.1) is 0 Å². The van der Waals surface area contributed by atoms with Gasteiger partial charge >= 0.3 is 0 Å². The molecule has 0 amide bonds. The molecule has 0 aliphatic heterocycles. The van der Waals surface area contributed by atoms with Crippen molar-refractivity contribution in [3.8, 4) is 11.5 Å². The van der Waals surface area contributed by atoms with E-state index in [2.05, 4.69) is 13.2 Å². The fourth-order valence-corrected chi connectivity index (χ4v) is 4.05. The lowest BCUT2D eigenvalue weighted by molar-refractivity contribution is -0.0574. The van der Waals surface area contributed by atoms with Gasteiger partial charge in [-0.05, 0) is 69.5 Å². The van der Waals surface area contributed by atoms with Crippen LogP contribution in [-0.4, -0.2) is 25.8 Å². The van der Waals surface area contributed by atoms with Gasteiger partial charge in [0.15, 0.2) is 24.1 Å². The second-order valence-corrected chi connectivity index (χ2v) is 9.49. The molecule has 180 valence electrons. The van der Waals surface area contributed by atoms with Crippen molar-refractivity contribution in [2.75, 3.05) is 13.2 Å². The highest BCUT2D eigenvalue weighted by molar-refractivity contribution is 6.38. The SMILES string of the molecule is C=C(C)COC(C)Oc1c(Cl)cc(Cc2cc(Cl)c(OC(C)OCC(=C)C)c(Cl)c2)cc1Cl. The summed E-state index contributed by atoms with van der Waals surface area (Å²) in [4.78, 5) is 0. The van der Waals surface area contributed by atoms with Crippen molar-refractivity contribution >= 4 is 46.4 Å². The maximum atomic E-state index is 6.43. The van der Waals surface area contributed by atoms with E-state index in [0.717, 1.165) is 22.3 Å². The third kappa shape index (κ3) is 9.05. The van der Waals surface area contributed by atoms with Crippen molar-refractivity contribution in [1.29, 1.82) is 0 Å². The van der Waals surface area contributed by atoms with E-state index >= 15 is 0 Å². The van der Waals surface area contributed by atoms with Gasteiger partial charge in [0.2, 0.25) is 0 Å². The van der Waals surface area contributed by atoms with Gasteiger partial charge in [-0.3, -0.25) is 0 Å². The van der Waals surface area contributed by atoms with E-state index in [4.69, 9.17) is 65.4 Å². The maximum Gasteiger partial charge on any atom is 0.197 e. The number of rotatable bonds is 12. The van der Waals surface area contributed by atoms with Crippen molar-refractivity contribution < 1.29 is 18.9 Å². The van der Waals surface area contributed by atoms with Gasteiger partial charge < -0.3 is 18.9 Å². The number of halogens is 4. The Hall–Kier alpha value is -1.40. The molecular weight excluding hydrogens is 506 g/mol. The molecule has 0 aliphatic carbocycles. The lowest BCUT2D eigenvalue weighted by atomic mass is 10.0. The molecule has 0 saturated carbocycles. The second kappa shape index (κ2) is 12.9. The summed E-state index contributed by atoms with van der Waals surface area (Å²) in [5.74, 6) is 0.722. The first kappa shape index (κ1) is 27.8. The first-order chi connectivity index (χ1) is 15.5. The van der Waals surface area contributed by atoms with Crippen LogP contribution in [0.4, 0.5) is 0 Å². The molecule has 0 aliphatic rings. The van der Waals surface area contributed by atoms with Crippen LogP contribution in [0.25, 0.3) is 0 Å². The zero-order valence-electron chi connectivity index (χ0n) is 19.1. The fraction of sp³-hybridized carbons (Fsp3) is 0.360. The van der Waals surface area contributed by atoms with Gasteiger partial charge in [0, 0.05) is 0 Å². The highest BCUT2D eigenvalue weighted by Crippen LogP contribution is 2.38. The summed E-state index contributed by atoms with van der Waals surface area (Å²) in [6.07, 6.45) is -0.563. The Labute approximate surface area is 216 Å². The van der Waals surface area contributed by atoms with Crippen LogP contribution in [-0.2, 0) is 15.9 Å². The number of benzene rings is 2. The van der Waals surface area contributed by atoms with Crippen LogP contribution in [0.3, 0.4) is 0 Å². The standard InChI is InChI=1S/C25H28Cl4O4/c1-14(2)12-30-16(5)32-24-20(26)8-18(9-21(24)27)7-19-10-22(28)25(23(29)11-19)33-17(6)31-13-15(3)4/h8-11,16-17H,1,3,7,12-13H2,2,4-6H3. The van der Waals surface area contributed by atoms with Crippen LogP contribution in [0, 0.1) is 0 Å². The first-order valence-electron chi connectivity index (χ1n) is 10.3. The molecule has 0 heterocycles. The number of ether oxygens (including phenoxy) is 4. The van der Waals surface area contributed by atoms with Crippen LogP contribution in [0.15, 0.2) is 48.6 Å². The van der Waals surface area contributed by atoms with E-state index < -0.39 is 12.6 Å². The number of hydrogen-bond donors (Lipinski definition) is 0. The third-order valence-corrected chi connectivity index (χ3v) is 5.34. The summed E-state index contributed by atoms with van der Waals surface area (Å²) in [7, 11) is 0. The minimum Gasteiger partial charge on any atom is -0.462 e. The largest absolute Gasteiger partial charge is 0.462 e. The molecule has 0 fully saturated rings.